The third-order valence-corrected chi connectivity index (χ3v) is 6.88. The van der Waals surface area contributed by atoms with Gasteiger partial charge in [-0.25, -0.2) is 0 Å². The van der Waals surface area contributed by atoms with Crippen molar-refractivity contribution in [3.05, 3.63) is 65.2 Å². The lowest BCUT2D eigenvalue weighted by Crippen LogP contribution is -2.52. The number of rotatable bonds is 3. The Bertz CT molecular complexity index is 1070. The van der Waals surface area contributed by atoms with E-state index >= 15 is 0 Å². The molecule has 3 aromatic rings. The number of furan rings is 1. The van der Waals surface area contributed by atoms with E-state index in [1.807, 2.05) is 18.3 Å². The smallest absolute Gasteiger partial charge is 0.220 e. The maximum atomic E-state index is 12.5. The van der Waals surface area contributed by atoms with Gasteiger partial charge in [-0.05, 0) is 56.5 Å². The fourth-order valence-corrected chi connectivity index (χ4v) is 5.33. The average Bonchev–Trinajstić information content (AvgIpc) is 3.16. The summed E-state index contributed by atoms with van der Waals surface area (Å²) in [6.45, 7) is 6.71. The summed E-state index contributed by atoms with van der Waals surface area (Å²) in [6, 6.07) is 12.5. The van der Waals surface area contributed by atoms with Crippen LogP contribution in [-0.4, -0.2) is 34.4 Å². The second-order valence-electron chi connectivity index (χ2n) is 9.04. The van der Waals surface area contributed by atoms with Crippen LogP contribution >= 0.6 is 0 Å². The third-order valence-electron chi connectivity index (χ3n) is 6.88. The van der Waals surface area contributed by atoms with Gasteiger partial charge in [-0.1, -0.05) is 24.1 Å². The average molecular weight is 404 g/mol. The van der Waals surface area contributed by atoms with Gasteiger partial charge in [0.25, 0.3) is 0 Å². The molecule has 0 bridgehead atoms. The van der Waals surface area contributed by atoms with Crippen LogP contribution in [0.3, 0.4) is 0 Å². The summed E-state index contributed by atoms with van der Waals surface area (Å²) < 4.78 is 6.23. The number of hydrogen-bond donors (Lipinski definition) is 1. The molecule has 2 fully saturated rings. The number of nitrogens with zero attached hydrogens (tertiary/aromatic N) is 2. The van der Waals surface area contributed by atoms with Gasteiger partial charge in [0.15, 0.2) is 0 Å². The molecule has 30 heavy (non-hydrogen) atoms. The van der Waals surface area contributed by atoms with Gasteiger partial charge >= 0.3 is 0 Å². The molecule has 1 aromatic carbocycles. The Balaban J connectivity index is 1.47. The summed E-state index contributed by atoms with van der Waals surface area (Å²) in [6.07, 6.45) is 5.51. The Morgan fingerprint density at radius 2 is 2.13 bits per heavy atom. The van der Waals surface area contributed by atoms with Crippen molar-refractivity contribution in [2.24, 2.45) is 0 Å². The molecule has 5 rings (SSSR count). The van der Waals surface area contributed by atoms with Crippen LogP contribution in [0.1, 0.15) is 54.2 Å². The number of pyridine rings is 1. The molecule has 2 saturated heterocycles. The number of carbonyl (C=O) groups excluding carboxylic acids is 1. The molecule has 2 atom stereocenters. The second-order valence-corrected chi connectivity index (χ2v) is 9.04. The Labute approximate surface area is 177 Å². The highest BCUT2D eigenvalue weighted by molar-refractivity contribution is 5.82. The fraction of sp³-hybridized carbons (Fsp3) is 0.440. The van der Waals surface area contributed by atoms with Crippen molar-refractivity contribution < 1.29 is 9.21 Å². The minimum absolute atomic E-state index is 0.172. The van der Waals surface area contributed by atoms with Crippen LogP contribution < -0.4 is 5.32 Å². The number of carbonyl (C=O) groups is 1. The topological polar surface area (TPSA) is 58.4 Å². The van der Waals surface area contributed by atoms with E-state index in [1.54, 1.807) is 0 Å². The van der Waals surface area contributed by atoms with Crippen molar-refractivity contribution in [1.82, 2.24) is 15.2 Å². The van der Waals surface area contributed by atoms with Crippen molar-refractivity contribution in [3.8, 4) is 0 Å². The van der Waals surface area contributed by atoms with E-state index < -0.39 is 0 Å². The van der Waals surface area contributed by atoms with Gasteiger partial charge in [-0.15, -0.1) is 0 Å². The number of amides is 1. The van der Waals surface area contributed by atoms with Crippen LogP contribution in [0.2, 0.25) is 0 Å². The second kappa shape index (κ2) is 7.55. The Hall–Kier alpha value is -2.66. The first-order valence-electron chi connectivity index (χ1n) is 11.0. The zero-order chi connectivity index (χ0) is 20.7. The van der Waals surface area contributed by atoms with Crippen LogP contribution in [0.15, 0.2) is 47.0 Å². The monoisotopic (exact) mass is 403 g/mol. The standard InChI is InChI=1S/C25H29N3O2/c1-17-9-10-22-19(13-17)18(2)23(30-22)15-28-14-20(21-7-4-6-12-26-21)25(16-28)11-5-3-8-24(29)27-25/h4,6-7,9-10,12-13,20H,3,5,8,11,14-16H2,1-2H3,(H,27,29)/t20-,25+/m0/s1. The van der Waals surface area contributed by atoms with Gasteiger partial charge in [0.2, 0.25) is 5.91 Å². The first-order chi connectivity index (χ1) is 14.5. The summed E-state index contributed by atoms with van der Waals surface area (Å²) >= 11 is 0. The predicted octanol–water partition coefficient (Wildman–Crippen LogP) is 4.47. The van der Waals surface area contributed by atoms with E-state index in [4.69, 9.17) is 4.42 Å². The number of aryl methyl sites for hydroxylation is 2. The van der Waals surface area contributed by atoms with Crippen molar-refractivity contribution in [3.63, 3.8) is 0 Å². The van der Waals surface area contributed by atoms with Gasteiger partial charge in [0.05, 0.1) is 12.1 Å². The van der Waals surface area contributed by atoms with Crippen molar-refractivity contribution in [1.29, 1.82) is 0 Å². The highest BCUT2D eigenvalue weighted by atomic mass is 16.3. The lowest BCUT2D eigenvalue weighted by atomic mass is 9.81. The number of nitrogens with one attached hydrogen (secondary N) is 1. The van der Waals surface area contributed by atoms with Gasteiger partial charge in [0, 0.05) is 42.7 Å². The van der Waals surface area contributed by atoms with Gasteiger partial charge in [-0.2, -0.15) is 0 Å². The maximum absolute atomic E-state index is 12.5. The predicted molar refractivity (Wildman–Crippen MR) is 117 cm³/mol. The first-order valence-corrected chi connectivity index (χ1v) is 11.0. The van der Waals surface area contributed by atoms with E-state index in [2.05, 4.69) is 53.3 Å². The Morgan fingerprint density at radius 1 is 1.23 bits per heavy atom. The molecule has 1 N–H and O–H groups in total. The van der Waals surface area contributed by atoms with Gasteiger partial charge in [0.1, 0.15) is 11.3 Å². The zero-order valence-corrected chi connectivity index (χ0v) is 17.8. The molecule has 1 amide bonds. The molecule has 5 heteroatoms. The molecule has 2 aromatic heterocycles. The number of benzene rings is 1. The summed E-state index contributed by atoms with van der Waals surface area (Å²) in [4.78, 5) is 19.6. The van der Waals surface area contributed by atoms with E-state index in [9.17, 15) is 4.79 Å². The van der Waals surface area contributed by atoms with E-state index in [1.165, 1.54) is 16.5 Å². The van der Waals surface area contributed by atoms with Gasteiger partial charge in [-0.3, -0.25) is 14.7 Å². The van der Waals surface area contributed by atoms with Crippen LogP contribution in [0.25, 0.3) is 11.0 Å². The van der Waals surface area contributed by atoms with Crippen molar-refractivity contribution in [2.75, 3.05) is 13.1 Å². The summed E-state index contributed by atoms with van der Waals surface area (Å²) in [5.74, 6) is 1.38. The zero-order valence-electron chi connectivity index (χ0n) is 17.8. The summed E-state index contributed by atoms with van der Waals surface area (Å²) in [5.41, 5.74) is 4.23. The number of hydrogen-bond acceptors (Lipinski definition) is 4. The highest BCUT2D eigenvalue weighted by Crippen LogP contribution is 2.41. The highest BCUT2D eigenvalue weighted by Gasteiger charge is 2.49. The molecule has 2 aliphatic rings. The molecular formula is C25H29N3O2. The molecule has 5 nitrogen and oxygen atoms in total. The molecule has 0 unspecified atom stereocenters. The Morgan fingerprint density at radius 3 is 2.97 bits per heavy atom. The van der Waals surface area contributed by atoms with E-state index in [-0.39, 0.29) is 17.4 Å². The van der Waals surface area contributed by atoms with E-state index in [0.717, 1.165) is 55.9 Å². The van der Waals surface area contributed by atoms with Crippen LogP contribution in [0.5, 0.6) is 0 Å². The van der Waals surface area contributed by atoms with Crippen LogP contribution in [-0.2, 0) is 11.3 Å². The maximum Gasteiger partial charge on any atom is 0.220 e. The minimum Gasteiger partial charge on any atom is -0.459 e. The molecule has 156 valence electrons. The summed E-state index contributed by atoms with van der Waals surface area (Å²) in [5, 5.41) is 4.61. The molecular weight excluding hydrogens is 374 g/mol. The lowest BCUT2D eigenvalue weighted by Gasteiger charge is -2.34. The molecule has 0 radical (unpaired) electrons. The normalized spacial score (nSPS) is 25.0. The third kappa shape index (κ3) is 3.41. The quantitative estimate of drug-likeness (QED) is 0.701. The van der Waals surface area contributed by atoms with Crippen LogP contribution in [0.4, 0.5) is 0 Å². The fourth-order valence-electron chi connectivity index (χ4n) is 5.33. The molecule has 2 aliphatic heterocycles. The largest absolute Gasteiger partial charge is 0.459 e. The van der Waals surface area contributed by atoms with Crippen LogP contribution in [0, 0.1) is 13.8 Å². The number of likely N-dealkylation sites (tertiary alicyclic amines) is 1. The molecule has 0 saturated carbocycles. The van der Waals surface area contributed by atoms with Gasteiger partial charge < -0.3 is 9.73 Å². The SMILES string of the molecule is Cc1ccc2oc(CN3C[C@@H](c4ccccn4)[C@@]4(CCCCC(=O)N4)C3)c(C)c2c1. The minimum atomic E-state index is -0.252. The molecule has 1 spiro atoms. The number of aromatic nitrogens is 1. The summed E-state index contributed by atoms with van der Waals surface area (Å²) in [7, 11) is 0. The first kappa shape index (κ1) is 19.3. The van der Waals surface area contributed by atoms with Crippen molar-refractivity contribution in [2.45, 2.75) is 57.5 Å². The molecule has 4 heterocycles. The Kier molecular flexibility index (Phi) is 4.86. The van der Waals surface area contributed by atoms with Crippen molar-refractivity contribution >= 4 is 16.9 Å². The number of fused-ring (bicyclic) bond motifs is 1. The van der Waals surface area contributed by atoms with E-state index in [0.29, 0.717) is 6.42 Å². The molecule has 0 aliphatic carbocycles. The lowest BCUT2D eigenvalue weighted by molar-refractivity contribution is -0.122.